The zero-order chi connectivity index (χ0) is 26.1. The number of ether oxygens (including phenoxy) is 1. The van der Waals surface area contributed by atoms with E-state index < -0.39 is 0 Å². The van der Waals surface area contributed by atoms with E-state index >= 15 is 0 Å². The lowest BCUT2D eigenvalue weighted by Crippen LogP contribution is -2.75. The average molecular weight is 514 g/mol. The lowest BCUT2D eigenvalue weighted by molar-refractivity contribution is -0.151. The Bertz CT molecular complexity index is 1100. The maximum absolute atomic E-state index is 13.1. The highest BCUT2D eigenvalue weighted by molar-refractivity contribution is 5.94. The van der Waals surface area contributed by atoms with Gasteiger partial charge in [-0.1, -0.05) is 56.0 Å². The molecule has 0 aromatic heterocycles. The topological polar surface area (TPSA) is 44.8 Å². The normalized spacial score (nSPS) is 28.6. The summed E-state index contributed by atoms with van der Waals surface area (Å²) in [5.74, 6) is 0.963. The minimum atomic E-state index is 0.0672. The summed E-state index contributed by atoms with van der Waals surface area (Å²) >= 11 is 0. The summed E-state index contributed by atoms with van der Waals surface area (Å²) < 4.78 is 5.64. The maximum atomic E-state index is 13.1. The number of nitrogens with one attached hydrogen (secondary N) is 1. The molecule has 2 aromatic carbocycles. The third-order valence-corrected chi connectivity index (χ3v) is 9.75. The standard InChI is InChI=1S/C33H43N3O2/c1-3-21-35-28-17-19-30-29(35)18-20-31(28)36(30)32(25-9-8-12-27(22-25)38-2)23-13-15-24(16-14-23)33(37)34-26-10-6-4-5-7-11-26/h3,8-9,12-16,22,26,28-32H,1,4-7,10-11,17-21H2,2H3,(H,34,37). The number of piperazine rings is 1. The van der Waals surface area contributed by atoms with Crippen LogP contribution in [0.4, 0.5) is 0 Å². The molecule has 8 rings (SSSR count). The number of nitrogens with zero attached hydrogens (tertiary/aromatic N) is 2. The van der Waals surface area contributed by atoms with Gasteiger partial charge in [0.25, 0.3) is 5.91 Å². The van der Waals surface area contributed by atoms with Crippen molar-refractivity contribution in [3.63, 3.8) is 0 Å². The van der Waals surface area contributed by atoms with E-state index in [1.54, 1.807) is 7.11 Å². The summed E-state index contributed by atoms with van der Waals surface area (Å²) in [5.41, 5.74) is 3.30. The van der Waals surface area contributed by atoms with Crippen LogP contribution in [-0.4, -0.2) is 59.6 Å². The molecule has 5 atom stereocenters. The van der Waals surface area contributed by atoms with Gasteiger partial charge in [0, 0.05) is 42.3 Å². The van der Waals surface area contributed by atoms with Crippen molar-refractivity contribution >= 4 is 5.91 Å². The molecule has 1 aliphatic carbocycles. The number of rotatable bonds is 8. The van der Waals surface area contributed by atoms with Gasteiger partial charge < -0.3 is 10.1 Å². The minimum absolute atomic E-state index is 0.0672. The number of methoxy groups -OCH3 is 1. The van der Waals surface area contributed by atoms with Crippen molar-refractivity contribution in [2.45, 2.75) is 100 Å². The van der Waals surface area contributed by atoms with Crippen molar-refractivity contribution < 1.29 is 9.53 Å². The fraction of sp³-hybridized carbons (Fsp3) is 0.545. The minimum Gasteiger partial charge on any atom is -0.497 e. The van der Waals surface area contributed by atoms with Crippen LogP contribution in [0.5, 0.6) is 5.75 Å². The fourth-order valence-electron chi connectivity index (χ4n) is 8.07. The van der Waals surface area contributed by atoms with Gasteiger partial charge in [-0.3, -0.25) is 14.6 Å². The summed E-state index contributed by atoms with van der Waals surface area (Å²) in [6, 6.07) is 19.8. The van der Waals surface area contributed by atoms with Crippen LogP contribution in [0.15, 0.2) is 61.2 Å². The Morgan fingerprint density at radius 2 is 1.58 bits per heavy atom. The SMILES string of the molecule is C=CCN1C2CCC3C1CCC2N3C(c1ccc(C(=O)NC2CCCCCC2)cc1)c1cccc(OC)c1. The molecule has 1 amide bonds. The average Bonchev–Trinajstić information content (AvgIpc) is 3.22. The summed E-state index contributed by atoms with van der Waals surface area (Å²) in [6.45, 7) is 5.04. The zero-order valence-electron chi connectivity index (χ0n) is 22.9. The fourth-order valence-corrected chi connectivity index (χ4v) is 8.07. The molecule has 1 saturated carbocycles. The van der Waals surface area contributed by atoms with E-state index in [1.165, 1.54) is 62.5 Å². The molecule has 6 fully saturated rings. The van der Waals surface area contributed by atoms with E-state index in [4.69, 9.17) is 4.74 Å². The number of hydrogen-bond acceptors (Lipinski definition) is 4. The van der Waals surface area contributed by atoms with Crippen molar-refractivity contribution in [3.8, 4) is 5.75 Å². The molecule has 4 bridgehead atoms. The largest absolute Gasteiger partial charge is 0.497 e. The Labute approximate surface area is 228 Å². The third-order valence-electron chi connectivity index (χ3n) is 9.75. The Morgan fingerprint density at radius 1 is 0.921 bits per heavy atom. The highest BCUT2D eigenvalue weighted by Crippen LogP contribution is 2.50. The lowest BCUT2D eigenvalue weighted by atomic mass is 9.69. The lowest BCUT2D eigenvalue weighted by Gasteiger charge is -2.66. The highest BCUT2D eigenvalue weighted by Gasteiger charge is 2.56. The van der Waals surface area contributed by atoms with E-state index in [0.29, 0.717) is 30.2 Å². The van der Waals surface area contributed by atoms with Gasteiger partial charge in [0.1, 0.15) is 5.75 Å². The van der Waals surface area contributed by atoms with Gasteiger partial charge in [0.05, 0.1) is 13.2 Å². The first kappa shape index (κ1) is 25.6. The maximum Gasteiger partial charge on any atom is 0.251 e. The molecule has 5 heteroatoms. The second-order valence-corrected chi connectivity index (χ2v) is 11.8. The van der Waals surface area contributed by atoms with Crippen LogP contribution in [0.2, 0.25) is 0 Å². The Balaban J connectivity index is 1.30. The van der Waals surface area contributed by atoms with Crippen LogP contribution < -0.4 is 10.1 Å². The molecule has 5 heterocycles. The van der Waals surface area contributed by atoms with Crippen molar-refractivity contribution in [1.29, 1.82) is 0 Å². The monoisotopic (exact) mass is 513 g/mol. The number of piperidine rings is 4. The number of amides is 1. The first-order valence-corrected chi connectivity index (χ1v) is 14.9. The molecular formula is C33H43N3O2. The number of benzene rings is 2. The summed E-state index contributed by atoms with van der Waals surface area (Å²) in [6.07, 6.45) is 14.4. The second kappa shape index (κ2) is 11.2. The molecule has 5 aliphatic heterocycles. The number of fused-ring (bicyclic) bond motifs is 2. The van der Waals surface area contributed by atoms with E-state index in [0.717, 1.165) is 30.7 Å². The van der Waals surface area contributed by atoms with Gasteiger partial charge in [0.2, 0.25) is 0 Å². The van der Waals surface area contributed by atoms with Gasteiger partial charge >= 0.3 is 0 Å². The second-order valence-electron chi connectivity index (χ2n) is 11.8. The quantitative estimate of drug-likeness (QED) is 0.342. The molecule has 5 nitrogen and oxygen atoms in total. The van der Waals surface area contributed by atoms with E-state index in [1.807, 2.05) is 18.2 Å². The van der Waals surface area contributed by atoms with Crippen LogP contribution in [0.1, 0.15) is 91.7 Å². The molecule has 202 valence electrons. The summed E-state index contributed by atoms with van der Waals surface area (Å²) in [7, 11) is 1.74. The van der Waals surface area contributed by atoms with Crippen molar-refractivity contribution in [2.75, 3.05) is 13.7 Å². The van der Waals surface area contributed by atoms with Crippen LogP contribution in [0.25, 0.3) is 0 Å². The predicted molar refractivity (Wildman–Crippen MR) is 153 cm³/mol. The van der Waals surface area contributed by atoms with Gasteiger partial charge in [-0.2, -0.15) is 0 Å². The summed E-state index contributed by atoms with van der Waals surface area (Å²) in [4.78, 5) is 18.7. The van der Waals surface area contributed by atoms with Gasteiger partial charge in [-0.15, -0.1) is 6.58 Å². The Morgan fingerprint density at radius 3 is 2.21 bits per heavy atom. The van der Waals surface area contributed by atoms with E-state index in [9.17, 15) is 4.79 Å². The first-order chi connectivity index (χ1) is 18.7. The molecule has 5 saturated heterocycles. The van der Waals surface area contributed by atoms with Crippen LogP contribution in [0, 0.1) is 0 Å². The molecule has 5 unspecified atom stereocenters. The van der Waals surface area contributed by atoms with E-state index in [-0.39, 0.29) is 11.9 Å². The van der Waals surface area contributed by atoms with E-state index in [2.05, 4.69) is 58.1 Å². The predicted octanol–water partition coefficient (Wildman–Crippen LogP) is 6.10. The molecule has 1 N–H and O–H groups in total. The molecule has 0 radical (unpaired) electrons. The summed E-state index contributed by atoms with van der Waals surface area (Å²) in [5, 5.41) is 3.32. The zero-order valence-corrected chi connectivity index (χ0v) is 22.9. The molecule has 38 heavy (non-hydrogen) atoms. The van der Waals surface area contributed by atoms with Crippen molar-refractivity contribution in [3.05, 3.63) is 77.9 Å². The molecular weight excluding hydrogens is 470 g/mol. The number of carbonyl (C=O) groups is 1. The number of hydrogen-bond donors (Lipinski definition) is 1. The van der Waals surface area contributed by atoms with Crippen LogP contribution in [0.3, 0.4) is 0 Å². The Kier molecular flexibility index (Phi) is 7.58. The highest BCUT2D eigenvalue weighted by atomic mass is 16.5. The molecule has 6 aliphatic rings. The first-order valence-electron chi connectivity index (χ1n) is 14.9. The van der Waals surface area contributed by atoms with Crippen molar-refractivity contribution in [1.82, 2.24) is 15.1 Å². The van der Waals surface area contributed by atoms with Gasteiger partial charge in [-0.05, 0) is 73.9 Å². The molecule has 0 spiro atoms. The van der Waals surface area contributed by atoms with Gasteiger partial charge in [0.15, 0.2) is 0 Å². The smallest absolute Gasteiger partial charge is 0.251 e. The Hall–Kier alpha value is -2.63. The molecule has 2 aromatic rings. The number of carbonyl (C=O) groups excluding carboxylic acids is 1. The van der Waals surface area contributed by atoms with Gasteiger partial charge in [-0.25, -0.2) is 0 Å². The van der Waals surface area contributed by atoms with Crippen LogP contribution in [-0.2, 0) is 0 Å². The third kappa shape index (κ3) is 4.80. The van der Waals surface area contributed by atoms with Crippen molar-refractivity contribution in [2.24, 2.45) is 0 Å². The van der Waals surface area contributed by atoms with Crippen LogP contribution >= 0.6 is 0 Å².